The van der Waals surface area contributed by atoms with Crippen LogP contribution in [0.5, 0.6) is 0 Å². The van der Waals surface area contributed by atoms with Crippen LogP contribution in [0.1, 0.15) is 19.4 Å². The molecule has 0 unspecified atom stereocenters. The summed E-state index contributed by atoms with van der Waals surface area (Å²) in [5.41, 5.74) is 2.30. The van der Waals surface area contributed by atoms with Gasteiger partial charge in [-0.05, 0) is 24.8 Å². The van der Waals surface area contributed by atoms with Crippen LogP contribution in [-0.2, 0) is 9.68 Å². The highest BCUT2D eigenvalue weighted by Crippen LogP contribution is 2.18. The summed E-state index contributed by atoms with van der Waals surface area (Å²) in [4.78, 5) is 10.8. The molecule has 0 N–H and O–H groups in total. The lowest BCUT2D eigenvalue weighted by Crippen LogP contribution is -2.13. The van der Waals surface area contributed by atoms with E-state index >= 15 is 0 Å². The van der Waals surface area contributed by atoms with Crippen molar-refractivity contribution >= 4 is 23.2 Å². The summed E-state index contributed by atoms with van der Waals surface area (Å²) in [6.07, 6.45) is 0. The average molecular weight is 266 g/mol. The molecule has 0 aliphatic heterocycles. The Hall–Kier alpha value is -1.49. The highest BCUT2D eigenvalue weighted by molar-refractivity contribution is 7.99. The maximum atomic E-state index is 4.85. The van der Waals surface area contributed by atoms with Gasteiger partial charge in [0.2, 0.25) is 0 Å². The molecule has 98 valence electrons. The van der Waals surface area contributed by atoms with Crippen molar-refractivity contribution in [2.75, 3.05) is 20.0 Å². The molecule has 4 nitrogen and oxygen atoms in total. The summed E-state index contributed by atoms with van der Waals surface area (Å²) in [6, 6.07) is 8.14. The van der Waals surface area contributed by atoms with Gasteiger partial charge in [0, 0.05) is 10.5 Å². The van der Waals surface area contributed by atoms with Crippen LogP contribution in [0.4, 0.5) is 0 Å². The number of hydrogen-bond donors (Lipinski definition) is 0. The fourth-order valence-corrected chi connectivity index (χ4v) is 2.14. The number of hydrogen-bond acceptors (Lipinski definition) is 5. The summed E-state index contributed by atoms with van der Waals surface area (Å²) in [6.45, 7) is 3.96. The van der Waals surface area contributed by atoms with Crippen LogP contribution in [0.25, 0.3) is 0 Å². The van der Waals surface area contributed by atoms with Crippen molar-refractivity contribution < 1.29 is 9.68 Å². The molecule has 0 amide bonds. The Bertz CT molecular complexity index is 427. The van der Waals surface area contributed by atoms with Gasteiger partial charge >= 0.3 is 0 Å². The summed E-state index contributed by atoms with van der Waals surface area (Å²) in [5, 5.41) is 7.87. The van der Waals surface area contributed by atoms with Crippen LogP contribution in [0.2, 0.25) is 0 Å². The van der Waals surface area contributed by atoms with E-state index in [1.807, 2.05) is 19.1 Å². The largest absolute Gasteiger partial charge is 0.399 e. The van der Waals surface area contributed by atoms with Gasteiger partial charge in [0.15, 0.2) is 0 Å². The van der Waals surface area contributed by atoms with Gasteiger partial charge in [-0.2, -0.15) is 0 Å². The second kappa shape index (κ2) is 7.76. The summed E-state index contributed by atoms with van der Waals surface area (Å²) >= 11 is 1.80. The molecule has 0 spiro atoms. The van der Waals surface area contributed by atoms with Crippen LogP contribution in [-0.4, -0.2) is 31.4 Å². The predicted octanol–water partition coefficient (Wildman–Crippen LogP) is 3.17. The van der Waals surface area contributed by atoms with Crippen molar-refractivity contribution in [1.82, 2.24) is 0 Å². The molecule has 0 radical (unpaired) electrons. The van der Waals surface area contributed by atoms with E-state index in [0.29, 0.717) is 11.4 Å². The zero-order valence-corrected chi connectivity index (χ0v) is 12.0. The minimum Gasteiger partial charge on any atom is -0.399 e. The van der Waals surface area contributed by atoms with Crippen molar-refractivity contribution in [3.05, 3.63) is 29.8 Å². The number of benzene rings is 1. The topological polar surface area (TPSA) is 43.2 Å². The van der Waals surface area contributed by atoms with Gasteiger partial charge in [0.25, 0.3) is 0 Å². The first-order valence-corrected chi connectivity index (χ1v) is 6.64. The molecular weight excluding hydrogens is 248 g/mol. The van der Waals surface area contributed by atoms with Gasteiger partial charge in [-0.25, -0.2) is 0 Å². The average Bonchev–Trinajstić information content (AvgIpc) is 2.38. The fourth-order valence-electron chi connectivity index (χ4n) is 1.47. The number of rotatable bonds is 6. The summed E-state index contributed by atoms with van der Waals surface area (Å²) < 4.78 is 0. The van der Waals surface area contributed by atoms with Crippen LogP contribution >= 0.6 is 11.8 Å². The van der Waals surface area contributed by atoms with Crippen molar-refractivity contribution in [1.29, 1.82) is 0 Å². The Morgan fingerprint density at radius 3 is 2.22 bits per heavy atom. The fraction of sp³-hybridized carbons (Fsp3) is 0.385. The van der Waals surface area contributed by atoms with Gasteiger partial charge in [0.05, 0.1) is 0 Å². The van der Waals surface area contributed by atoms with E-state index < -0.39 is 0 Å². The van der Waals surface area contributed by atoms with Crippen molar-refractivity contribution in [3.8, 4) is 0 Å². The summed E-state index contributed by atoms with van der Waals surface area (Å²) in [5.74, 6) is 1.06. The van der Waals surface area contributed by atoms with E-state index in [9.17, 15) is 0 Å². The minimum absolute atomic E-state index is 0.674. The highest BCUT2D eigenvalue weighted by Gasteiger charge is 2.09. The van der Waals surface area contributed by atoms with Crippen molar-refractivity contribution in [2.24, 2.45) is 10.3 Å². The molecule has 0 saturated carbocycles. The predicted molar refractivity (Wildman–Crippen MR) is 76.5 cm³/mol. The van der Waals surface area contributed by atoms with Gasteiger partial charge in [0.1, 0.15) is 25.6 Å². The molecule has 0 aliphatic rings. The number of oxime groups is 2. The molecule has 0 aliphatic carbocycles. The smallest absolute Gasteiger partial charge is 0.134 e. The zero-order valence-electron chi connectivity index (χ0n) is 11.1. The number of thioether (sulfide) groups is 1. The van der Waals surface area contributed by atoms with Crippen molar-refractivity contribution in [3.63, 3.8) is 0 Å². The molecule has 5 heteroatoms. The van der Waals surface area contributed by atoms with Crippen LogP contribution in [0, 0.1) is 0 Å². The van der Waals surface area contributed by atoms with Crippen molar-refractivity contribution in [2.45, 2.75) is 18.7 Å². The molecular formula is C13H18N2O2S. The Morgan fingerprint density at radius 1 is 1.11 bits per heavy atom. The Kier molecular flexibility index (Phi) is 6.28. The molecule has 18 heavy (non-hydrogen) atoms. The van der Waals surface area contributed by atoms with E-state index in [2.05, 4.69) is 29.4 Å². The van der Waals surface area contributed by atoms with Gasteiger partial charge in [-0.3, -0.25) is 0 Å². The first-order chi connectivity index (χ1) is 8.72. The second-order valence-corrected chi connectivity index (χ2v) is 4.78. The molecule has 0 atom stereocenters. The zero-order chi connectivity index (χ0) is 13.4. The first kappa shape index (κ1) is 14.6. The molecule has 0 fully saturated rings. The summed E-state index contributed by atoms with van der Waals surface area (Å²) in [7, 11) is 3.02. The SMILES string of the molecule is CCSc1ccc(C(=N/OC)/C(C)=N/OC)cc1. The molecule has 0 bridgehead atoms. The van der Waals surface area contributed by atoms with Gasteiger partial charge < -0.3 is 9.68 Å². The van der Waals surface area contributed by atoms with E-state index in [1.165, 1.54) is 19.1 Å². The minimum atomic E-state index is 0.674. The van der Waals surface area contributed by atoms with E-state index in [0.717, 1.165) is 11.3 Å². The lowest BCUT2D eigenvalue weighted by atomic mass is 10.1. The first-order valence-electron chi connectivity index (χ1n) is 5.65. The maximum Gasteiger partial charge on any atom is 0.134 e. The van der Waals surface area contributed by atoms with Crippen LogP contribution < -0.4 is 0 Å². The van der Waals surface area contributed by atoms with Crippen LogP contribution in [0.3, 0.4) is 0 Å². The van der Waals surface area contributed by atoms with E-state index in [4.69, 9.17) is 9.68 Å². The molecule has 0 saturated heterocycles. The lowest BCUT2D eigenvalue weighted by Gasteiger charge is -2.06. The molecule has 1 aromatic rings. The quantitative estimate of drug-likeness (QED) is 0.451. The highest BCUT2D eigenvalue weighted by atomic mass is 32.2. The van der Waals surface area contributed by atoms with Gasteiger partial charge in [-0.1, -0.05) is 29.4 Å². The monoisotopic (exact) mass is 266 g/mol. The maximum absolute atomic E-state index is 4.85. The van der Waals surface area contributed by atoms with E-state index in [1.54, 1.807) is 11.8 Å². The number of nitrogens with zero attached hydrogens (tertiary/aromatic N) is 2. The van der Waals surface area contributed by atoms with Crippen LogP contribution in [0.15, 0.2) is 39.5 Å². The molecule has 1 rings (SSSR count). The molecule has 0 heterocycles. The molecule has 1 aromatic carbocycles. The van der Waals surface area contributed by atoms with E-state index in [-0.39, 0.29) is 0 Å². The molecule has 0 aromatic heterocycles. The third kappa shape index (κ3) is 4.07. The Labute approximate surface area is 112 Å². The standard InChI is InChI=1S/C13H18N2O2S/c1-5-18-12-8-6-11(7-9-12)13(15-17-4)10(2)14-16-3/h6-9H,5H2,1-4H3/b14-10+,15-13+. The lowest BCUT2D eigenvalue weighted by molar-refractivity contribution is 0.210. The Morgan fingerprint density at radius 2 is 1.72 bits per heavy atom. The van der Waals surface area contributed by atoms with Gasteiger partial charge in [-0.15, -0.1) is 11.8 Å². The third-order valence-electron chi connectivity index (χ3n) is 2.19. The normalized spacial score (nSPS) is 12.4. The second-order valence-electron chi connectivity index (χ2n) is 3.44. The third-order valence-corrected chi connectivity index (χ3v) is 3.09. The Balaban J connectivity index is 3.00.